The molecule has 0 unspecified atom stereocenters. The van der Waals surface area contributed by atoms with E-state index in [4.69, 9.17) is 4.74 Å². The predicted octanol–water partition coefficient (Wildman–Crippen LogP) is 3.66. The molecule has 0 saturated carbocycles. The molecule has 0 radical (unpaired) electrons. The smallest absolute Gasteiger partial charge is 0.410 e. The molecule has 186 valence electrons. The van der Waals surface area contributed by atoms with Crippen molar-refractivity contribution in [2.75, 3.05) is 18.4 Å². The zero-order valence-electron chi connectivity index (χ0n) is 20.5. The summed E-state index contributed by atoms with van der Waals surface area (Å²) in [5.74, 6) is 0.143. The molecule has 0 aromatic carbocycles. The van der Waals surface area contributed by atoms with Gasteiger partial charge >= 0.3 is 6.09 Å². The molecular formula is C25H28N8O3. The minimum absolute atomic E-state index is 0.116. The summed E-state index contributed by atoms with van der Waals surface area (Å²) in [6, 6.07) is 3.92. The Labute approximate surface area is 208 Å². The summed E-state index contributed by atoms with van der Waals surface area (Å²) in [7, 11) is 1.87. The summed E-state index contributed by atoms with van der Waals surface area (Å²) in [4.78, 5) is 35.5. The Hall–Kier alpha value is -4.28. The maximum absolute atomic E-state index is 12.9. The molecule has 1 fully saturated rings. The van der Waals surface area contributed by atoms with Gasteiger partial charge < -0.3 is 15.0 Å². The number of likely N-dealkylation sites (tertiary alicyclic amines) is 1. The van der Waals surface area contributed by atoms with Gasteiger partial charge in [0.25, 0.3) is 5.91 Å². The summed E-state index contributed by atoms with van der Waals surface area (Å²) >= 11 is 0. The van der Waals surface area contributed by atoms with Crippen molar-refractivity contribution in [3.8, 4) is 11.1 Å². The van der Waals surface area contributed by atoms with Crippen molar-refractivity contribution in [3.05, 3.63) is 54.9 Å². The fraction of sp³-hybridized carbons (Fsp3) is 0.360. The molecule has 5 heterocycles. The quantitative estimate of drug-likeness (QED) is 0.455. The number of rotatable bonds is 5. The van der Waals surface area contributed by atoms with E-state index < -0.39 is 0 Å². The largest absolute Gasteiger partial charge is 0.447 e. The van der Waals surface area contributed by atoms with Crippen molar-refractivity contribution in [1.82, 2.24) is 34.4 Å². The van der Waals surface area contributed by atoms with E-state index in [1.54, 1.807) is 51.3 Å². The van der Waals surface area contributed by atoms with Gasteiger partial charge in [0.1, 0.15) is 5.82 Å². The number of piperidine rings is 1. The molecule has 4 aromatic heterocycles. The SMILES string of the molecule is CC(C)OC(=O)N1CCC(n2cc(C(=O)Nc3cc4cc(-c5cnn(C)c5)cnc4cn3)cn2)CC1. The minimum atomic E-state index is -0.289. The van der Waals surface area contributed by atoms with Crippen molar-refractivity contribution in [2.24, 2.45) is 7.05 Å². The average molecular weight is 489 g/mol. The van der Waals surface area contributed by atoms with Crippen LogP contribution in [0.5, 0.6) is 0 Å². The lowest BCUT2D eigenvalue weighted by Gasteiger charge is -2.31. The topological polar surface area (TPSA) is 120 Å². The third-order valence-corrected chi connectivity index (χ3v) is 6.14. The van der Waals surface area contributed by atoms with E-state index in [2.05, 4.69) is 25.5 Å². The molecule has 1 saturated heterocycles. The summed E-state index contributed by atoms with van der Waals surface area (Å²) in [5, 5.41) is 12.3. The normalized spacial score (nSPS) is 14.4. The zero-order valence-corrected chi connectivity index (χ0v) is 20.5. The fourth-order valence-electron chi connectivity index (χ4n) is 4.26. The Morgan fingerprint density at radius 2 is 1.81 bits per heavy atom. The van der Waals surface area contributed by atoms with E-state index in [9.17, 15) is 9.59 Å². The molecule has 11 nitrogen and oxygen atoms in total. The molecule has 0 aliphatic carbocycles. The minimum Gasteiger partial charge on any atom is -0.447 e. The van der Waals surface area contributed by atoms with Gasteiger partial charge in [-0.3, -0.25) is 19.1 Å². The second kappa shape index (κ2) is 9.76. The number of aryl methyl sites for hydroxylation is 1. The van der Waals surface area contributed by atoms with Crippen LogP contribution in [0, 0.1) is 0 Å². The van der Waals surface area contributed by atoms with Crippen molar-refractivity contribution < 1.29 is 14.3 Å². The third kappa shape index (κ3) is 5.04. The molecular weight excluding hydrogens is 460 g/mol. The van der Waals surface area contributed by atoms with Gasteiger partial charge in [-0.05, 0) is 38.8 Å². The zero-order chi connectivity index (χ0) is 25.2. The van der Waals surface area contributed by atoms with Crippen molar-refractivity contribution in [2.45, 2.75) is 38.8 Å². The fourth-order valence-corrected chi connectivity index (χ4v) is 4.26. The molecule has 1 aliphatic rings. The number of nitrogens with zero attached hydrogens (tertiary/aromatic N) is 7. The predicted molar refractivity (Wildman–Crippen MR) is 133 cm³/mol. The Bertz CT molecular complexity index is 1400. The van der Waals surface area contributed by atoms with Crippen molar-refractivity contribution in [1.29, 1.82) is 0 Å². The summed E-state index contributed by atoms with van der Waals surface area (Å²) in [5.41, 5.74) is 3.08. The maximum Gasteiger partial charge on any atom is 0.410 e. The first-order valence-electron chi connectivity index (χ1n) is 11.9. The van der Waals surface area contributed by atoms with Crippen LogP contribution in [-0.4, -0.2) is 65.6 Å². The monoisotopic (exact) mass is 488 g/mol. The highest BCUT2D eigenvalue weighted by Gasteiger charge is 2.26. The molecule has 1 N–H and O–H groups in total. The molecule has 4 aromatic rings. The van der Waals surface area contributed by atoms with Gasteiger partial charge in [-0.15, -0.1) is 0 Å². The summed E-state index contributed by atoms with van der Waals surface area (Å²) in [6.45, 7) is 4.86. The Balaban J connectivity index is 1.24. The first-order valence-corrected chi connectivity index (χ1v) is 11.9. The first-order chi connectivity index (χ1) is 17.4. The van der Waals surface area contributed by atoms with Gasteiger partial charge in [0, 0.05) is 55.2 Å². The van der Waals surface area contributed by atoms with E-state index in [-0.39, 0.29) is 24.1 Å². The molecule has 36 heavy (non-hydrogen) atoms. The van der Waals surface area contributed by atoms with Gasteiger partial charge in [0.2, 0.25) is 0 Å². The summed E-state index contributed by atoms with van der Waals surface area (Å²) < 4.78 is 8.82. The van der Waals surface area contributed by atoms with Gasteiger partial charge in [0.05, 0.1) is 41.8 Å². The standard InChI is InChI=1S/C25H28N8O3/c1-16(2)36-25(35)32-6-4-21(5-7-32)33-15-20(12-29-33)24(34)30-23-9-17-8-18(10-26-22(17)13-27-23)19-11-28-31(3)14-19/h8-16,21H,4-7H2,1-3H3,(H,27,30,34). The molecule has 0 spiro atoms. The van der Waals surface area contributed by atoms with Crippen LogP contribution in [0.15, 0.2) is 49.3 Å². The van der Waals surface area contributed by atoms with Crippen LogP contribution in [0.2, 0.25) is 0 Å². The number of anilines is 1. The Morgan fingerprint density at radius 1 is 1.00 bits per heavy atom. The van der Waals surface area contributed by atoms with E-state index in [0.29, 0.717) is 24.5 Å². The number of fused-ring (bicyclic) bond motifs is 1. The molecule has 1 aliphatic heterocycles. The van der Waals surface area contributed by atoms with Crippen molar-refractivity contribution in [3.63, 3.8) is 0 Å². The molecule has 2 amide bonds. The van der Waals surface area contributed by atoms with Gasteiger partial charge in [-0.1, -0.05) is 0 Å². The average Bonchev–Trinajstić information content (AvgIpc) is 3.53. The van der Waals surface area contributed by atoms with Crippen LogP contribution in [0.1, 0.15) is 43.1 Å². The van der Waals surface area contributed by atoms with Crippen molar-refractivity contribution >= 4 is 28.7 Å². The molecule has 11 heteroatoms. The second-order valence-electron chi connectivity index (χ2n) is 9.20. The van der Waals surface area contributed by atoms with Crippen LogP contribution in [-0.2, 0) is 11.8 Å². The van der Waals surface area contributed by atoms with E-state index >= 15 is 0 Å². The maximum atomic E-state index is 12.9. The highest BCUT2D eigenvalue weighted by atomic mass is 16.6. The van der Waals surface area contributed by atoms with Gasteiger partial charge in [0.15, 0.2) is 0 Å². The van der Waals surface area contributed by atoms with Gasteiger partial charge in [-0.25, -0.2) is 9.78 Å². The van der Waals surface area contributed by atoms with E-state index in [1.807, 2.05) is 33.2 Å². The van der Waals surface area contributed by atoms with E-state index in [0.717, 1.165) is 34.9 Å². The highest BCUT2D eigenvalue weighted by Crippen LogP contribution is 2.25. The number of ether oxygens (including phenoxy) is 1. The lowest BCUT2D eigenvalue weighted by Crippen LogP contribution is -2.40. The van der Waals surface area contributed by atoms with Crippen LogP contribution in [0.3, 0.4) is 0 Å². The number of hydrogen-bond acceptors (Lipinski definition) is 7. The third-order valence-electron chi connectivity index (χ3n) is 6.14. The number of pyridine rings is 2. The molecule has 5 rings (SSSR count). The lowest BCUT2D eigenvalue weighted by molar-refractivity contribution is 0.0653. The Morgan fingerprint density at radius 3 is 2.53 bits per heavy atom. The Kier molecular flexibility index (Phi) is 6.36. The van der Waals surface area contributed by atoms with Crippen LogP contribution < -0.4 is 5.32 Å². The van der Waals surface area contributed by atoms with Gasteiger partial charge in [-0.2, -0.15) is 10.2 Å². The lowest BCUT2D eigenvalue weighted by atomic mass is 10.1. The second-order valence-corrected chi connectivity index (χ2v) is 9.20. The summed E-state index contributed by atoms with van der Waals surface area (Å²) in [6.07, 6.45) is 11.5. The first kappa shape index (κ1) is 23.5. The molecule has 0 bridgehead atoms. The highest BCUT2D eigenvalue weighted by molar-refractivity contribution is 6.04. The number of amides is 2. The number of nitrogens with one attached hydrogen (secondary N) is 1. The number of aromatic nitrogens is 6. The van der Waals surface area contributed by atoms with Crippen LogP contribution in [0.4, 0.5) is 10.6 Å². The van der Waals surface area contributed by atoms with Crippen LogP contribution in [0.25, 0.3) is 22.0 Å². The number of carbonyl (C=O) groups is 2. The number of hydrogen-bond donors (Lipinski definition) is 1. The van der Waals surface area contributed by atoms with Crippen LogP contribution >= 0.6 is 0 Å². The molecule has 0 atom stereocenters. The number of carbonyl (C=O) groups excluding carboxylic acids is 2. The van der Waals surface area contributed by atoms with E-state index in [1.165, 1.54) is 0 Å².